The van der Waals surface area contributed by atoms with E-state index in [9.17, 15) is 0 Å². The van der Waals surface area contributed by atoms with Gasteiger partial charge < -0.3 is 10.2 Å². The van der Waals surface area contributed by atoms with E-state index in [-0.39, 0.29) is 0 Å². The summed E-state index contributed by atoms with van der Waals surface area (Å²) in [5.74, 6) is 0. The molecule has 0 amide bonds. The molecular formula is C12H16ClN3S. The van der Waals surface area contributed by atoms with Gasteiger partial charge >= 0.3 is 0 Å². The van der Waals surface area contributed by atoms with Crippen LogP contribution < -0.4 is 5.32 Å². The molecule has 0 aliphatic rings. The zero-order valence-electron chi connectivity index (χ0n) is 10.0. The maximum atomic E-state index is 5.94. The Morgan fingerprint density at radius 3 is 3.00 bits per heavy atom. The van der Waals surface area contributed by atoms with E-state index in [1.54, 1.807) is 11.3 Å². The second-order valence-corrected chi connectivity index (χ2v) is 5.68. The highest BCUT2D eigenvalue weighted by Crippen LogP contribution is 2.28. The molecule has 1 heterocycles. The standard InChI is InChI=1S/C12H16ClN3S/c1-16(2)7-3-6-14-12-15-10-5-4-9(13)8-11(10)17-12/h4-5,8H,3,6-7H2,1-2H3,(H,14,15). The van der Waals surface area contributed by atoms with Crippen molar-refractivity contribution >= 4 is 38.3 Å². The molecule has 0 saturated carbocycles. The van der Waals surface area contributed by atoms with Crippen molar-refractivity contribution in [1.29, 1.82) is 0 Å². The lowest BCUT2D eigenvalue weighted by Gasteiger charge is -2.08. The number of thiazole rings is 1. The number of anilines is 1. The Bertz CT molecular complexity index is 495. The van der Waals surface area contributed by atoms with Gasteiger partial charge in [-0.25, -0.2) is 4.98 Å². The van der Waals surface area contributed by atoms with Crippen LogP contribution in [0.3, 0.4) is 0 Å². The molecule has 92 valence electrons. The van der Waals surface area contributed by atoms with Crippen LogP contribution in [0.2, 0.25) is 5.02 Å². The number of hydrogen-bond donors (Lipinski definition) is 1. The molecule has 0 aliphatic carbocycles. The maximum Gasteiger partial charge on any atom is 0.183 e. The Morgan fingerprint density at radius 1 is 1.41 bits per heavy atom. The average molecular weight is 270 g/mol. The number of rotatable bonds is 5. The number of nitrogens with zero attached hydrogens (tertiary/aromatic N) is 2. The zero-order chi connectivity index (χ0) is 12.3. The van der Waals surface area contributed by atoms with E-state index >= 15 is 0 Å². The molecule has 17 heavy (non-hydrogen) atoms. The van der Waals surface area contributed by atoms with Gasteiger partial charge in [-0.3, -0.25) is 0 Å². The van der Waals surface area contributed by atoms with Gasteiger partial charge in [0.1, 0.15) is 0 Å². The molecule has 0 saturated heterocycles. The van der Waals surface area contributed by atoms with Gasteiger partial charge in [-0.05, 0) is 45.3 Å². The van der Waals surface area contributed by atoms with Gasteiger partial charge in [0.05, 0.1) is 10.2 Å². The predicted molar refractivity (Wildman–Crippen MR) is 76.3 cm³/mol. The van der Waals surface area contributed by atoms with Gasteiger partial charge in [-0.15, -0.1) is 0 Å². The van der Waals surface area contributed by atoms with Crippen molar-refractivity contribution in [3.05, 3.63) is 23.2 Å². The summed E-state index contributed by atoms with van der Waals surface area (Å²) in [6.45, 7) is 2.04. The fourth-order valence-electron chi connectivity index (χ4n) is 1.56. The van der Waals surface area contributed by atoms with E-state index in [4.69, 9.17) is 11.6 Å². The Kier molecular flexibility index (Phi) is 4.20. The highest BCUT2D eigenvalue weighted by Gasteiger charge is 2.03. The first-order valence-electron chi connectivity index (χ1n) is 5.60. The molecular weight excluding hydrogens is 254 g/mol. The van der Waals surface area contributed by atoms with Crippen LogP contribution >= 0.6 is 22.9 Å². The van der Waals surface area contributed by atoms with Gasteiger partial charge in [0.25, 0.3) is 0 Å². The monoisotopic (exact) mass is 269 g/mol. The van der Waals surface area contributed by atoms with Crippen LogP contribution in [0, 0.1) is 0 Å². The van der Waals surface area contributed by atoms with Crippen LogP contribution in [0.25, 0.3) is 10.2 Å². The lowest BCUT2D eigenvalue weighted by Crippen LogP contribution is -2.16. The number of fused-ring (bicyclic) bond motifs is 1. The van der Waals surface area contributed by atoms with E-state index in [2.05, 4.69) is 29.3 Å². The third-order valence-electron chi connectivity index (χ3n) is 2.41. The zero-order valence-corrected chi connectivity index (χ0v) is 11.6. The largest absolute Gasteiger partial charge is 0.361 e. The smallest absolute Gasteiger partial charge is 0.183 e. The first-order valence-corrected chi connectivity index (χ1v) is 6.79. The molecule has 0 fully saturated rings. The Balaban J connectivity index is 1.95. The van der Waals surface area contributed by atoms with Crippen molar-refractivity contribution in [2.24, 2.45) is 0 Å². The Labute approximate surface area is 110 Å². The molecule has 1 aromatic heterocycles. The molecule has 1 N–H and O–H groups in total. The molecule has 5 heteroatoms. The topological polar surface area (TPSA) is 28.2 Å². The molecule has 0 spiro atoms. The molecule has 0 aliphatic heterocycles. The fraction of sp³-hybridized carbons (Fsp3) is 0.417. The van der Waals surface area contributed by atoms with Crippen molar-refractivity contribution < 1.29 is 0 Å². The van der Waals surface area contributed by atoms with Crippen molar-refractivity contribution in [3.8, 4) is 0 Å². The van der Waals surface area contributed by atoms with Gasteiger partial charge in [-0.1, -0.05) is 22.9 Å². The minimum absolute atomic E-state index is 0.764. The first-order chi connectivity index (χ1) is 8.15. The Morgan fingerprint density at radius 2 is 2.24 bits per heavy atom. The van der Waals surface area contributed by atoms with Crippen LogP contribution in [0.1, 0.15) is 6.42 Å². The summed E-state index contributed by atoms with van der Waals surface area (Å²) in [5.41, 5.74) is 1.01. The molecule has 3 nitrogen and oxygen atoms in total. The molecule has 0 atom stereocenters. The summed E-state index contributed by atoms with van der Waals surface area (Å²) in [4.78, 5) is 6.69. The van der Waals surface area contributed by atoms with Gasteiger partial charge in [-0.2, -0.15) is 0 Å². The Hall–Kier alpha value is -0.840. The van der Waals surface area contributed by atoms with Crippen LogP contribution in [0.15, 0.2) is 18.2 Å². The second kappa shape index (κ2) is 5.67. The minimum Gasteiger partial charge on any atom is -0.361 e. The van der Waals surface area contributed by atoms with Crippen molar-refractivity contribution in [2.75, 3.05) is 32.5 Å². The van der Waals surface area contributed by atoms with Crippen molar-refractivity contribution in [3.63, 3.8) is 0 Å². The highest BCUT2D eigenvalue weighted by molar-refractivity contribution is 7.22. The number of nitrogens with one attached hydrogen (secondary N) is 1. The van der Waals surface area contributed by atoms with Crippen LogP contribution in [-0.2, 0) is 0 Å². The summed E-state index contributed by atoms with van der Waals surface area (Å²) in [7, 11) is 4.17. The van der Waals surface area contributed by atoms with E-state index in [0.29, 0.717) is 0 Å². The second-order valence-electron chi connectivity index (χ2n) is 4.21. The molecule has 1 aromatic carbocycles. The number of aromatic nitrogens is 1. The summed E-state index contributed by atoms with van der Waals surface area (Å²) in [5, 5.41) is 5.08. The minimum atomic E-state index is 0.764. The summed E-state index contributed by atoms with van der Waals surface area (Å²) < 4.78 is 1.13. The number of benzene rings is 1. The van der Waals surface area contributed by atoms with Crippen LogP contribution in [0.4, 0.5) is 5.13 Å². The lowest BCUT2D eigenvalue weighted by atomic mass is 10.3. The van der Waals surface area contributed by atoms with E-state index in [0.717, 1.165) is 39.9 Å². The molecule has 2 aromatic rings. The first kappa shape index (κ1) is 12.6. The number of halogens is 1. The van der Waals surface area contributed by atoms with Gasteiger partial charge in [0.15, 0.2) is 5.13 Å². The summed E-state index contributed by atoms with van der Waals surface area (Å²) >= 11 is 7.59. The van der Waals surface area contributed by atoms with E-state index < -0.39 is 0 Å². The normalized spacial score (nSPS) is 11.3. The van der Waals surface area contributed by atoms with Crippen molar-refractivity contribution in [1.82, 2.24) is 9.88 Å². The van der Waals surface area contributed by atoms with Gasteiger partial charge in [0, 0.05) is 11.6 Å². The van der Waals surface area contributed by atoms with E-state index in [1.165, 1.54) is 0 Å². The van der Waals surface area contributed by atoms with E-state index in [1.807, 2.05) is 18.2 Å². The molecule has 0 unspecified atom stereocenters. The highest BCUT2D eigenvalue weighted by atomic mass is 35.5. The molecule has 2 rings (SSSR count). The molecule has 0 radical (unpaired) electrons. The SMILES string of the molecule is CN(C)CCCNc1nc2ccc(Cl)cc2s1. The molecule has 0 bridgehead atoms. The maximum absolute atomic E-state index is 5.94. The fourth-order valence-corrected chi connectivity index (χ4v) is 2.73. The quantitative estimate of drug-likeness (QED) is 0.844. The lowest BCUT2D eigenvalue weighted by molar-refractivity contribution is 0.405. The van der Waals surface area contributed by atoms with Crippen LogP contribution in [-0.4, -0.2) is 37.1 Å². The average Bonchev–Trinajstić information content (AvgIpc) is 2.66. The van der Waals surface area contributed by atoms with Crippen molar-refractivity contribution in [2.45, 2.75) is 6.42 Å². The summed E-state index contributed by atoms with van der Waals surface area (Å²) in [6, 6.07) is 5.79. The third-order valence-corrected chi connectivity index (χ3v) is 3.62. The predicted octanol–water partition coefficient (Wildman–Crippen LogP) is 3.31. The van der Waals surface area contributed by atoms with Crippen LogP contribution in [0.5, 0.6) is 0 Å². The third kappa shape index (κ3) is 3.56. The van der Waals surface area contributed by atoms with Gasteiger partial charge in [0.2, 0.25) is 0 Å². The number of hydrogen-bond acceptors (Lipinski definition) is 4. The summed E-state index contributed by atoms with van der Waals surface area (Å²) in [6.07, 6.45) is 1.11.